The summed E-state index contributed by atoms with van der Waals surface area (Å²) in [6, 6.07) is 0. The maximum atomic E-state index is 13.3. The second-order valence-corrected chi connectivity index (χ2v) is 5.28. The summed E-state index contributed by atoms with van der Waals surface area (Å²) >= 11 is 4.26. The van der Waals surface area contributed by atoms with Crippen molar-refractivity contribution in [1.82, 2.24) is 4.90 Å². The van der Waals surface area contributed by atoms with Gasteiger partial charge in [-0.3, -0.25) is 4.90 Å². The number of hydrogen-bond donors (Lipinski definition) is 1. The highest BCUT2D eigenvalue weighted by atomic mass is 32.1. The molecule has 0 radical (unpaired) electrons. The van der Waals surface area contributed by atoms with Gasteiger partial charge in [-0.2, -0.15) is 12.6 Å². The Hall–Kier alpha value is -0.860. The Labute approximate surface area is 117 Å². The van der Waals surface area contributed by atoms with Crippen LogP contribution in [0.1, 0.15) is 12.0 Å². The Balaban J connectivity index is 2.03. The first-order valence-corrected chi connectivity index (χ1v) is 6.42. The molecule has 0 saturated carbocycles. The van der Waals surface area contributed by atoms with Gasteiger partial charge in [0.15, 0.2) is 23.3 Å². The molecule has 8 heteroatoms. The minimum Gasteiger partial charge on any atom is -0.361 e. The quantitative estimate of drug-likeness (QED) is 0.397. The van der Waals surface area contributed by atoms with E-state index in [1.165, 1.54) is 0 Å². The fourth-order valence-corrected chi connectivity index (χ4v) is 2.33. The van der Waals surface area contributed by atoms with Crippen molar-refractivity contribution in [3.63, 3.8) is 0 Å². The molecule has 1 aliphatic heterocycles. The van der Waals surface area contributed by atoms with Crippen molar-refractivity contribution in [2.75, 3.05) is 19.8 Å². The van der Waals surface area contributed by atoms with Gasteiger partial charge in [0.05, 0.1) is 18.9 Å². The molecule has 1 unspecified atom stereocenters. The third kappa shape index (κ3) is 3.07. The Morgan fingerprint density at radius 3 is 2.05 bits per heavy atom. The van der Waals surface area contributed by atoms with Gasteiger partial charge >= 0.3 is 0 Å². The van der Waals surface area contributed by atoms with Crippen LogP contribution < -0.4 is 0 Å². The summed E-state index contributed by atoms with van der Waals surface area (Å²) in [5.41, 5.74) is -0.956. The Morgan fingerprint density at radius 2 is 1.55 bits per heavy atom. The number of benzene rings is 1. The molecule has 0 aromatic heterocycles. The third-order valence-corrected chi connectivity index (χ3v) is 3.49. The molecule has 0 bridgehead atoms. The van der Waals surface area contributed by atoms with Gasteiger partial charge in [0, 0.05) is 18.3 Å². The molecule has 0 amide bonds. The summed E-state index contributed by atoms with van der Waals surface area (Å²) in [5.74, 6) is -9.79. The first kappa shape index (κ1) is 15.5. The molecular formula is C12H12F5NOS. The molecule has 0 spiro atoms. The zero-order valence-electron chi connectivity index (χ0n) is 10.3. The zero-order valence-corrected chi connectivity index (χ0v) is 11.2. The average Bonchev–Trinajstić information content (AvgIpc) is 2.84. The minimum absolute atomic E-state index is 0.0521. The molecule has 0 aliphatic carbocycles. The van der Waals surface area contributed by atoms with Gasteiger partial charge in [-0.25, -0.2) is 22.0 Å². The fourth-order valence-electron chi connectivity index (χ4n) is 1.98. The lowest BCUT2D eigenvalue weighted by Crippen LogP contribution is -2.24. The average molecular weight is 313 g/mol. The lowest BCUT2D eigenvalue weighted by atomic mass is 10.2. The smallest absolute Gasteiger partial charge is 0.200 e. The van der Waals surface area contributed by atoms with Crippen molar-refractivity contribution in [2.45, 2.75) is 18.3 Å². The van der Waals surface area contributed by atoms with Crippen LogP contribution in [0.3, 0.4) is 0 Å². The molecule has 1 heterocycles. The third-order valence-electron chi connectivity index (χ3n) is 3.07. The van der Waals surface area contributed by atoms with Gasteiger partial charge < -0.3 is 4.74 Å². The standard InChI is InChI=1S/C12H12F5NOS/c13-8-7(9(14)11(16)12(17)10(8)15)4-19-5-18-2-1-6(20)3-18/h6,20H,1-5H2. The van der Waals surface area contributed by atoms with Crippen LogP contribution in [0.4, 0.5) is 22.0 Å². The Kier molecular flexibility index (Phi) is 4.87. The highest BCUT2D eigenvalue weighted by Gasteiger charge is 2.26. The molecule has 1 atom stereocenters. The van der Waals surface area contributed by atoms with E-state index in [-0.39, 0.29) is 12.0 Å². The Morgan fingerprint density at radius 1 is 1.00 bits per heavy atom. The van der Waals surface area contributed by atoms with Gasteiger partial charge in [0.1, 0.15) is 0 Å². The molecule has 20 heavy (non-hydrogen) atoms. The number of nitrogens with zero attached hydrogens (tertiary/aromatic N) is 1. The predicted octanol–water partition coefficient (Wildman–Crippen LogP) is 2.86. The largest absolute Gasteiger partial charge is 0.361 e. The van der Waals surface area contributed by atoms with Gasteiger partial charge in [-0.15, -0.1) is 0 Å². The van der Waals surface area contributed by atoms with Gasteiger partial charge in [0.25, 0.3) is 0 Å². The first-order chi connectivity index (χ1) is 9.41. The summed E-state index contributed by atoms with van der Waals surface area (Å²) in [7, 11) is 0. The van der Waals surface area contributed by atoms with Gasteiger partial charge in [-0.05, 0) is 6.42 Å². The summed E-state index contributed by atoms with van der Waals surface area (Å²) in [6.45, 7) is 0.738. The summed E-state index contributed by atoms with van der Waals surface area (Å²) in [6.07, 6.45) is 0.856. The van der Waals surface area contributed by atoms with E-state index >= 15 is 0 Å². The molecule has 1 saturated heterocycles. The predicted molar refractivity (Wildman–Crippen MR) is 64.9 cm³/mol. The van der Waals surface area contributed by atoms with Crippen LogP contribution in [0.15, 0.2) is 0 Å². The second kappa shape index (κ2) is 6.28. The lowest BCUT2D eigenvalue weighted by Gasteiger charge is -2.16. The summed E-state index contributed by atoms with van der Waals surface area (Å²) < 4.78 is 70.4. The number of hydrogen-bond acceptors (Lipinski definition) is 3. The second-order valence-electron chi connectivity index (χ2n) is 4.55. The van der Waals surface area contributed by atoms with Crippen LogP contribution in [0.2, 0.25) is 0 Å². The normalized spacial score (nSPS) is 19.8. The van der Waals surface area contributed by atoms with E-state index in [4.69, 9.17) is 4.74 Å². The number of rotatable bonds is 4. The molecule has 1 aromatic carbocycles. The highest BCUT2D eigenvalue weighted by Crippen LogP contribution is 2.23. The molecule has 1 aromatic rings. The molecule has 2 rings (SSSR count). The maximum absolute atomic E-state index is 13.3. The highest BCUT2D eigenvalue weighted by molar-refractivity contribution is 7.81. The Bertz CT molecular complexity index is 484. The van der Waals surface area contributed by atoms with Gasteiger partial charge in [-0.1, -0.05) is 0 Å². The minimum atomic E-state index is -2.17. The summed E-state index contributed by atoms with van der Waals surface area (Å²) in [4.78, 5) is 1.84. The first-order valence-electron chi connectivity index (χ1n) is 5.90. The van der Waals surface area contributed by atoms with E-state index in [0.29, 0.717) is 13.1 Å². The van der Waals surface area contributed by atoms with Crippen molar-refractivity contribution in [3.05, 3.63) is 34.6 Å². The number of halogens is 5. The van der Waals surface area contributed by atoms with Crippen LogP contribution in [-0.2, 0) is 11.3 Å². The number of ether oxygens (including phenoxy) is 1. The molecule has 0 N–H and O–H groups in total. The van der Waals surface area contributed by atoms with Crippen LogP contribution in [0, 0.1) is 29.1 Å². The maximum Gasteiger partial charge on any atom is 0.200 e. The van der Waals surface area contributed by atoms with E-state index < -0.39 is 41.3 Å². The van der Waals surface area contributed by atoms with E-state index in [1.54, 1.807) is 0 Å². The number of thiol groups is 1. The van der Waals surface area contributed by atoms with Crippen molar-refractivity contribution >= 4 is 12.6 Å². The summed E-state index contributed by atoms with van der Waals surface area (Å²) in [5, 5.41) is 0.202. The van der Waals surface area contributed by atoms with E-state index in [2.05, 4.69) is 12.6 Å². The SMILES string of the molecule is Fc1c(F)c(F)c(COCN2CCC(S)C2)c(F)c1F. The topological polar surface area (TPSA) is 12.5 Å². The van der Waals surface area contributed by atoms with E-state index in [9.17, 15) is 22.0 Å². The number of likely N-dealkylation sites (tertiary alicyclic amines) is 1. The van der Waals surface area contributed by atoms with Crippen LogP contribution in [0.25, 0.3) is 0 Å². The van der Waals surface area contributed by atoms with E-state index in [1.807, 2.05) is 4.90 Å². The molecule has 112 valence electrons. The zero-order chi connectivity index (χ0) is 14.9. The molecule has 1 aliphatic rings. The van der Waals surface area contributed by atoms with E-state index in [0.717, 1.165) is 6.42 Å². The fraction of sp³-hybridized carbons (Fsp3) is 0.500. The van der Waals surface area contributed by atoms with Gasteiger partial charge in [0.2, 0.25) is 5.82 Å². The van der Waals surface area contributed by atoms with Crippen molar-refractivity contribution in [1.29, 1.82) is 0 Å². The monoisotopic (exact) mass is 313 g/mol. The van der Waals surface area contributed by atoms with Crippen LogP contribution in [0.5, 0.6) is 0 Å². The van der Waals surface area contributed by atoms with Crippen molar-refractivity contribution in [3.8, 4) is 0 Å². The van der Waals surface area contributed by atoms with Crippen LogP contribution in [-0.4, -0.2) is 30.0 Å². The lowest BCUT2D eigenvalue weighted by molar-refractivity contribution is 0.0281. The molecule has 2 nitrogen and oxygen atoms in total. The van der Waals surface area contributed by atoms with Crippen molar-refractivity contribution in [2.24, 2.45) is 0 Å². The van der Waals surface area contributed by atoms with Crippen LogP contribution >= 0.6 is 12.6 Å². The molecule has 1 fully saturated rings. The molecular weight excluding hydrogens is 301 g/mol. The van der Waals surface area contributed by atoms with Crippen molar-refractivity contribution < 1.29 is 26.7 Å².